The third-order valence-electron chi connectivity index (χ3n) is 1.40. The van der Waals surface area contributed by atoms with Gasteiger partial charge in [-0.3, -0.25) is 0 Å². The molecule has 1 aromatic heterocycles. The van der Waals surface area contributed by atoms with E-state index in [1.165, 1.54) is 0 Å². The van der Waals surface area contributed by atoms with Gasteiger partial charge in [-0.2, -0.15) is 0 Å². The predicted molar refractivity (Wildman–Crippen MR) is 37.9 cm³/mol. The maximum absolute atomic E-state index is 5.65. The van der Waals surface area contributed by atoms with Crippen molar-refractivity contribution in [2.45, 2.75) is 6.10 Å². The van der Waals surface area contributed by atoms with Gasteiger partial charge in [0.15, 0.2) is 0 Å². The summed E-state index contributed by atoms with van der Waals surface area (Å²) in [5.74, 6) is 0. The van der Waals surface area contributed by atoms with Gasteiger partial charge in [-0.15, -0.1) is 0 Å². The van der Waals surface area contributed by atoms with Gasteiger partial charge < -0.3 is 4.74 Å². The third-order valence-corrected chi connectivity index (χ3v) is 1.61. The fraction of sp³-hybridized carbons (Fsp3) is 0.286. The van der Waals surface area contributed by atoms with Gasteiger partial charge in [-0.1, -0.05) is 17.7 Å². The molecule has 0 N–H and O–H groups in total. The Morgan fingerprint density at radius 2 is 2.40 bits per heavy atom. The fourth-order valence-electron chi connectivity index (χ4n) is 0.822. The van der Waals surface area contributed by atoms with Crippen molar-refractivity contribution < 1.29 is 4.74 Å². The standard InChI is InChI=1S/C7H6ClNO/c8-7-3-1-2-5(9-7)6-4-10-6/h1-3,6H,4H2. The maximum Gasteiger partial charge on any atom is 0.129 e. The molecule has 1 aliphatic heterocycles. The van der Waals surface area contributed by atoms with Crippen LogP contribution in [0, 0.1) is 0 Å². The summed E-state index contributed by atoms with van der Waals surface area (Å²) in [7, 11) is 0. The zero-order chi connectivity index (χ0) is 6.97. The van der Waals surface area contributed by atoms with Gasteiger partial charge >= 0.3 is 0 Å². The van der Waals surface area contributed by atoms with Crippen LogP contribution in [0.1, 0.15) is 11.8 Å². The van der Waals surface area contributed by atoms with Crippen molar-refractivity contribution in [2.24, 2.45) is 0 Å². The lowest BCUT2D eigenvalue weighted by Crippen LogP contribution is -1.85. The highest BCUT2D eigenvalue weighted by atomic mass is 35.5. The lowest BCUT2D eigenvalue weighted by molar-refractivity contribution is 0.411. The molecule has 0 aromatic carbocycles. The van der Waals surface area contributed by atoms with Crippen molar-refractivity contribution in [1.29, 1.82) is 0 Å². The Kier molecular flexibility index (Phi) is 1.36. The highest BCUT2D eigenvalue weighted by Gasteiger charge is 2.25. The Bertz CT molecular complexity index is 247. The summed E-state index contributed by atoms with van der Waals surface area (Å²) in [5.41, 5.74) is 0.938. The highest BCUT2D eigenvalue weighted by Crippen LogP contribution is 2.28. The van der Waals surface area contributed by atoms with E-state index >= 15 is 0 Å². The number of nitrogens with zero attached hydrogens (tertiary/aromatic N) is 1. The molecule has 2 rings (SSSR count). The SMILES string of the molecule is Clc1cccc(C2CO2)n1. The first-order valence-electron chi connectivity index (χ1n) is 3.10. The zero-order valence-corrected chi connectivity index (χ0v) is 6.01. The number of ether oxygens (including phenoxy) is 1. The molecule has 0 amide bonds. The third kappa shape index (κ3) is 1.13. The van der Waals surface area contributed by atoms with E-state index in [0.717, 1.165) is 12.3 Å². The average molecular weight is 156 g/mol. The lowest BCUT2D eigenvalue weighted by atomic mass is 10.3. The van der Waals surface area contributed by atoms with Crippen LogP contribution in [0.25, 0.3) is 0 Å². The normalized spacial score (nSPS) is 22.7. The number of halogens is 1. The average Bonchev–Trinajstić information content (AvgIpc) is 2.68. The van der Waals surface area contributed by atoms with Crippen molar-refractivity contribution in [3.63, 3.8) is 0 Å². The molecule has 10 heavy (non-hydrogen) atoms. The monoisotopic (exact) mass is 155 g/mol. The van der Waals surface area contributed by atoms with Gasteiger partial charge in [0.05, 0.1) is 12.3 Å². The van der Waals surface area contributed by atoms with Gasteiger partial charge in [-0.25, -0.2) is 4.98 Å². The van der Waals surface area contributed by atoms with Crippen LogP contribution in [-0.4, -0.2) is 11.6 Å². The molecule has 1 saturated heterocycles. The van der Waals surface area contributed by atoms with E-state index in [-0.39, 0.29) is 6.10 Å². The lowest BCUT2D eigenvalue weighted by Gasteiger charge is -1.92. The molecule has 2 nitrogen and oxygen atoms in total. The van der Waals surface area contributed by atoms with Crippen LogP contribution in [0.2, 0.25) is 5.15 Å². The largest absolute Gasteiger partial charge is 0.366 e. The molecule has 1 fully saturated rings. The summed E-state index contributed by atoms with van der Waals surface area (Å²) in [6.45, 7) is 0.785. The molecule has 1 aliphatic rings. The molecule has 0 spiro atoms. The van der Waals surface area contributed by atoms with Gasteiger partial charge in [0.1, 0.15) is 11.3 Å². The van der Waals surface area contributed by atoms with Gasteiger partial charge in [-0.05, 0) is 12.1 Å². The van der Waals surface area contributed by atoms with Crippen molar-refractivity contribution in [3.8, 4) is 0 Å². The highest BCUT2D eigenvalue weighted by molar-refractivity contribution is 6.29. The van der Waals surface area contributed by atoms with Crippen molar-refractivity contribution in [3.05, 3.63) is 29.0 Å². The first-order valence-corrected chi connectivity index (χ1v) is 3.48. The number of epoxide rings is 1. The quantitative estimate of drug-likeness (QED) is 0.457. The molecule has 0 saturated carbocycles. The van der Waals surface area contributed by atoms with Crippen molar-refractivity contribution in [1.82, 2.24) is 4.98 Å². The molecule has 0 aliphatic carbocycles. The van der Waals surface area contributed by atoms with Crippen LogP contribution in [0.5, 0.6) is 0 Å². The van der Waals surface area contributed by atoms with E-state index in [9.17, 15) is 0 Å². The Hall–Kier alpha value is -0.600. The Morgan fingerprint density at radius 1 is 1.60 bits per heavy atom. The minimum absolute atomic E-state index is 0.207. The second-order valence-corrected chi connectivity index (χ2v) is 2.59. The van der Waals surface area contributed by atoms with E-state index in [1.807, 2.05) is 12.1 Å². The predicted octanol–water partition coefficient (Wildman–Crippen LogP) is 1.81. The Labute approximate surface area is 63.8 Å². The summed E-state index contributed by atoms with van der Waals surface area (Å²) in [4.78, 5) is 4.08. The molecule has 0 bridgehead atoms. The van der Waals surface area contributed by atoms with Gasteiger partial charge in [0.2, 0.25) is 0 Å². The summed E-state index contributed by atoms with van der Waals surface area (Å²) in [5, 5.41) is 0.535. The van der Waals surface area contributed by atoms with Crippen LogP contribution in [0.3, 0.4) is 0 Å². The topological polar surface area (TPSA) is 25.4 Å². The first-order chi connectivity index (χ1) is 4.86. The van der Waals surface area contributed by atoms with Crippen molar-refractivity contribution in [2.75, 3.05) is 6.61 Å². The summed E-state index contributed by atoms with van der Waals surface area (Å²) >= 11 is 5.65. The number of pyridine rings is 1. The maximum atomic E-state index is 5.65. The number of rotatable bonds is 1. The molecular formula is C7H6ClNO. The van der Waals surface area contributed by atoms with Crippen LogP contribution in [0.15, 0.2) is 18.2 Å². The molecule has 1 aromatic rings. The van der Waals surface area contributed by atoms with Gasteiger partial charge in [0.25, 0.3) is 0 Å². The van der Waals surface area contributed by atoms with Gasteiger partial charge in [0, 0.05) is 0 Å². The number of hydrogen-bond donors (Lipinski definition) is 0. The minimum atomic E-state index is 0.207. The second kappa shape index (κ2) is 2.22. The van der Waals surface area contributed by atoms with Crippen LogP contribution in [0.4, 0.5) is 0 Å². The summed E-state index contributed by atoms with van der Waals surface area (Å²) in [6.07, 6.45) is 0.207. The van der Waals surface area contributed by atoms with E-state index in [4.69, 9.17) is 16.3 Å². The number of aromatic nitrogens is 1. The van der Waals surface area contributed by atoms with Crippen LogP contribution >= 0.6 is 11.6 Å². The van der Waals surface area contributed by atoms with E-state index in [2.05, 4.69) is 4.98 Å². The number of hydrogen-bond acceptors (Lipinski definition) is 2. The molecule has 1 atom stereocenters. The first kappa shape index (κ1) is 6.13. The summed E-state index contributed by atoms with van der Waals surface area (Å²) in [6, 6.07) is 5.56. The van der Waals surface area contributed by atoms with E-state index < -0.39 is 0 Å². The zero-order valence-electron chi connectivity index (χ0n) is 5.25. The van der Waals surface area contributed by atoms with Crippen LogP contribution < -0.4 is 0 Å². The van der Waals surface area contributed by atoms with Crippen molar-refractivity contribution >= 4 is 11.6 Å². The second-order valence-electron chi connectivity index (χ2n) is 2.21. The van der Waals surface area contributed by atoms with Crippen LogP contribution in [-0.2, 0) is 4.74 Å². The molecule has 3 heteroatoms. The molecule has 1 unspecified atom stereocenters. The molecule has 2 heterocycles. The van der Waals surface area contributed by atoms with E-state index in [1.54, 1.807) is 6.07 Å². The molecule has 0 radical (unpaired) electrons. The fourth-order valence-corrected chi connectivity index (χ4v) is 0.992. The van der Waals surface area contributed by atoms with E-state index in [0.29, 0.717) is 5.15 Å². The summed E-state index contributed by atoms with van der Waals surface area (Å²) < 4.78 is 5.03. The molecular weight excluding hydrogens is 150 g/mol. The Morgan fingerprint density at radius 3 is 3.00 bits per heavy atom. The molecule has 52 valence electrons. The Balaban J connectivity index is 2.32. The smallest absolute Gasteiger partial charge is 0.129 e. The minimum Gasteiger partial charge on any atom is -0.366 e.